The molecule has 3 heterocycles. The molecule has 8 nitrogen and oxygen atoms in total. The average Bonchev–Trinajstić information content (AvgIpc) is 2.96. The fraction of sp³-hybridized carbons (Fsp3) is 0.538. The number of nitrogens with zero attached hydrogens (tertiary/aromatic N) is 4. The van der Waals surface area contributed by atoms with Gasteiger partial charge in [-0.3, -0.25) is 19.6 Å². The molecule has 2 aromatic rings. The molecular weight excluding hydrogens is 274 g/mol. The van der Waals surface area contributed by atoms with E-state index < -0.39 is 0 Å². The van der Waals surface area contributed by atoms with E-state index in [1.54, 1.807) is 0 Å². The lowest BCUT2D eigenvalue weighted by atomic mass is 10.0. The number of aromatic amines is 1. The lowest BCUT2D eigenvalue weighted by molar-refractivity contribution is -0.148. The van der Waals surface area contributed by atoms with Gasteiger partial charge in [-0.2, -0.15) is 4.52 Å². The summed E-state index contributed by atoms with van der Waals surface area (Å²) >= 11 is 0. The number of hydrogen-bond acceptors (Lipinski definition) is 6. The van der Waals surface area contributed by atoms with Crippen molar-refractivity contribution in [2.45, 2.75) is 31.8 Å². The van der Waals surface area contributed by atoms with Gasteiger partial charge in [-0.25, -0.2) is 9.97 Å². The Hall–Kier alpha value is -2.22. The number of fused-ring (bicyclic) bond motifs is 1. The summed E-state index contributed by atoms with van der Waals surface area (Å²) in [6, 6.07) is 1.21. The smallest absolute Gasteiger partial charge is 0.323 e. The van der Waals surface area contributed by atoms with E-state index in [-0.39, 0.29) is 17.6 Å². The zero-order chi connectivity index (χ0) is 14.8. The monoisotopic (exact) mass is 291 g/mol. The quantitative estimate of drug-likeness (QED) is 0.797. The molecule has 1 fully saturated rings. The van der Waals surface area contributed by atoms with Crippen LogP contribution < -0.4 is 5.56 Å². The molecular formula is C13H17N5O3. The minimum absolute atomic E-state index is 0.209. The molecule has 0 bridgehead atoms. The van der Waals surface area contributed by atoms with Crippen LogP contribution in [0.3, 0.4) is 0 Å². The van der Waals surface area contributed by atoms with Crippen LogP contribution in [0.25, 0.3) is 5.78 Å². The van der Waals surface area contributed by atoms with Gasteiger partial charge in [-0.05, 0) is 19.4 Å². The molecule has 0 spiro atoms. The lowest BCUT2D eigenvalue weighted by Crippen LogP contribution is -2.44. The Morgan fingerprint density at radius 3 is 3.19 bits per heavy atom. The van der Waals surface area contributed by atoms with Crippen molar-refractivity contribution in [3.63, 3.8) is 0 Å². The molecule has 0 aliphatic carbocycles. The first-order chi connectivity index (χ1) is 10.2. The molecule has 0 aromatic carbocycles. The van der Waals surface area contributed by atoms with Crippen molar-refractivity contribution in [3.8, 4) is 0 Å². The highest BCUT2D eigenvalue weighted by molar-refractivity contribution is 5.75. The first-order valence-corrected chi connectivity index (χ1v) is 6.93. The highest BCUT2D eigenvalue weighted by Gasteiger charge is 2.29. The Bertz CT molecular complexity index is 707. The standard InChI is InChI=1S/C13H17N5O3/c1-21-12(20)10-4-2-3-5-17(10)7-9-6-11(19)18-13(16-9)14-8-15-18/h6,8,10H,2-5,7H2,1H3,(H,14,15,16). The van der Waals surface area contributed by atoms with E-state index in [2.05, 4.69) is 15.1 Å². The normalized spacial score (nSPS) is 19.8. The Labute approximate surface area is 120 Å². The molecule has 3 rings (SSSR count). The fourth-order valence-electron chi connectivity index (χ4n) is 2.74. The van der Waals surface area contributed by atoms with E-state index in [1.165, 1.54) is 24.0 Å². The maximum Gasteiger partial charge on any atom is 0.323 e. The number of aromatic nitrogens is 4. The van der Waals surface area contributed by atoms with E-state index in [4.69, 9.17) is 4.74 Å². The summed E-state index contributed by atoms with van der Waals surface area (Å²) in [6.45, 7) is 1.24. The van der Waals surface area contributed by atoms with Crippen molar-refractivity contribution >= 4 is 11.7 Å². The SMILES string of the molecule is COC(=O)C1CCCCN1Cc1cc(=O)n2[nH]cnc2n1. The lowest BCUT2D eigenvalue weighted by Gasteiger charge is -2.33. The van der Waals surface area contributed by atoms with E-state index in [9.17, 15) is 9.59 Å². The molecule has 21 heavy (non-hydrogen) atoms. The second-order valence-corrected chi connectivity index (χ2v) is 5.11. The zero-order valence-electron chi connectivity index (χ0n) is 11.8. The van der Waals surface area contributed by atoms with Gasteiger partial charge in [-0.1, -0.05) is 6.42 Å². The van der Waals surface area contributed by atoms with Gasteiger partial charge in [0.15, 0.2) is 0 Å². The second-order valence-electron chi connectivity index (χ2n) is 5.11. The molecule has 2 aromatic heterocycles. The zero-order valence-corrected chi connectivity index (χ0v) is 11.8. The van der Waals surface area contributed by atoms with Gasteiger partial charge in [0.1, 0.15) is 12.4 Å². The Morgan fingerprint density at radius 1 is 1.52 bits per heavy atom. The van der Waals surface area contributed by atoms with Gasteiger partial charge >= 0.3 is 5.97 Å². The predicted molar refractivity (Wildman–Crippen MR) is 73.7 cm³/mol. The van der Waals surface area contributed by atoms with Crippen LogP contribution in [-0.4, -0.2) is 50.1 Å². The number of piperidine rings is 1. The van der Waals surface area contributed by atoms with Crippen molar-refractivity contribution in [1.82, 2.24) is 24.5 Å². The highest BCUT2D eigenvalue weighted by atomic mass is 16.5. The molecule has 1 atom stereocenters. The van der Waals surface area contributed by atoms with Gasteiger partial charge in [0, 0.05) is 12.6 Å². The maximum absolute atomic E-state index is 11.9. The van der Waals surface area contributed by atoms with E-state index in [0.29, 0.717) is 18.0 Å². The summed E-state index contributed by atoms with van der Waals surface area (Å²) in [7, 11) is 1.40. The van der Waals surface area contributed by atoms with Crippen molar-refractivity contribution in [3.05, 3.63) is 28.4 Å². The van der Waals surface area contributed by atoms with Crippen molar-refractivity contribution in [1.29, 1.82) is 0 Å². The molecule has 0 radical (unpaired) electrons. The van der Waals surface area contributed by atoms with Crippen LogP contribution in [0, 0.1) is 0 Å². The van der Waals surface area contributed by atoms with Crippen molar-refractivity contribution < 1.29 is 9.53 Å². The summed E-state index contributed by atoms with van der Waals surface area (Å²) < 4.78 is 6.13. The molecule has 1 aliphatic heterocycles. The summed E-state index contributed by atoms with van der Waals surface area (Å²) in [6.07, 6.45) is 4.23. The molecule has 0 saturated carbocycles. The van der Waals surface area contributed by atoms with Crippen LogP contribution in [-0.2, 0) is 16.1 Å². The summed E-state index contributed by atoms with van der Waals surface area (Å²) in [5.74, 6) is 0.108. The highest BCUT2D eigenvalue weighted by Crippen LogP contribution is 2.19. The molecule has 1 aliphatic rings. The summed E-state index contributed by atoms with van der Waals surface area (Å²) in [4.78, 5) is 34.1. The molecule has 112 valence electrons. The largest absolute Gasteiger partial charge is 0.468 e. The van der Waals surface area contributed by atoms with Gasteiger partial charge in [-0.15, -0.1) is 0 Å². The second kappa shape index (κ2) is 5.65. The number of H-pyrrole nitrogens is 1. The first-order valence-electron chi connectivity index (χ1n) is 6.93. The van der Waals surface area contributed by atoms with E-state index >= 15 is 0 Å². The van der Waals surface area contributed by atoms with Crippen LogP contribution in [0.1, 0.15) is 25.0 Å². The Balaban J connectivity index is 1.85. The van der Waals surface area contributed by atoms with Crippen LogP contribution in [0.2, 0.25) is 0 Å². The third kappa shape index (κ3) is 2.66. The number of nitrogens with one attached hydrogen (secondary N) is 1. The fourth-order valence-corrected chi connectivity index (χ4v) is 2.74. The third-order valence-corrected chi connectivity index (χ3v) is 3.77. The molecule has 1 N–H and O–H groups in total. The summed E-state index contributed by atoms with van der Waals surface area (Å²) in [5.41, 5.74) is 0.405. The van der Waals surface area contributed by atoms with Crippen LogP contribution in [0.4, 0.5) is 0 Å². The van der Waals surface area contributed by atoms with Crippen molar-refractivity contribution in [2.24, 2.45) is 0 Å². The first kappa shape index (κ1) is 13.7. The number of hydrogen-bond donors (Lipinski definition) is 1. The predicted octanol–water partition coefficient (Wildman–Crippen LogP) is -0.0549. The van der Waals surface area contributed by atoms with Crippen molar-refractivity contribution in [2.75, 3.05) is 13.7 Å². The average molecular weight is 291 g/mol. The van der Waals surface area contributed by atoms with Crippen LogP contribution >= 0.6 is 0 Å². The number of carbonyl (C=O) groups is 1. The molecule has 1 unspecified atom stereocenters. The number of ether oxygens (including phenoxy) is 1. The minimum Gasteiger partial charge on any atom is -0.468 e. The number of carbonyl (C=O) groups excluding carboxylic acids is 1. The number of esters is 1. The van der Waals surface area contributed by atoms with Gasteiger partial charge in [0.2, 0.25) is 0 Å². The molecule has 8 heteroatoms. The van der Waals surface area contributed by atoms with E-state index in [0.717, 1.165) is 25.8 Å². The number of rotatable bonds is 3. The molecule has 1 saturated heterocycles. The third-order valence-electron chi connectivity index (χ3n) is 3.77. The number of likely N-dealkylation sites (tertiary alicyclic amines) is 1. The van der Waals surface area contributed by atoms with Crippen LogP contribution in [0.5, 0.6) is 0 Å². The summed E-state index contributed by atoms with van der Waals surface area (Å²) in [5, 5.41) is 2.70. The maximum atomic E-state index is 11.9. The molecule has 0 amide bonds. The van der Waals surface area contributed by atoms with Gasteiger partial charge in [0.05, 0.1) is 12.8 Å². The van der Waals surface area contributed by atoms with Crippen LogP contribution in [0.15, 0.2) is 17.2 Å². The van der Waals surface area contributed by atoms with Gasteiger partial charge < -0.3 is 4.74 Å². The number of methoxy groups -OCH3 is 1. The van der Waals surface area contributed by atoms with Gasteiger partial charge in [0.25, 0.3) is 11.3 Å². The Morgan fingerprint density at radius 2 is 2.38 bits per heavy atom. The minimum atomic E-state index is -0.261. The van der Waals surface area contributed by atoms with E-state index in [1.807, 2.05) is 4.90 Å². The Kier molecular flexibility index (Phi) is 3.70. The topological polar surface area (TPSA) is 92.6 Å².